The maximum absolute atomic E-state index is 14.3. The fraction of sp³-hybridized carbons (Fsp3) is 0.375. The van der Waals surface area contributed by atoms with E-state index in [4.69, 9.17) is 10.2 Å². The summed E-state index contributed by atoms with van der Waals surface area (Å²) in [4.78, 5) is 75.3. The van der Waals surface area contributed by atoms with Gasteiger partial charge in [-0.05, 0) is 68.3 Å². The minimum Gasteiger partial charge on any atom is -0.436 e. The van der Waals surface area contributed by atoms with Crippen molar-refractivity contribution in [2.75, 3.05) is 33.1 Å². The predicted molar refractivity (Wildman–Crippen MR) is 157 cm³/mol. The van der Waals surface area contributed by atoms with E-state index in [2.05, 4.69) is 4.98 Å². The van der Waals surface area contributed by atoms with Crippen LogP contribution in [-0.4, -0.2) is 83.9 Å². The first kappa shape index (κ1) is 29.5. The van der Waals surface area contributed by atoms with Crippen molar-refractivity contribution in [1.82, 2.24) is 9.88 Å². The number of benzene rings is 2. The average Bonchev–Trinajstić information content (AvgIpc) is 3.36. The van der Waals surface area contributed by atoms with Crippen LogP contribution in [-0.2, 0) is 25.6 Å². The van der Waals surface area contributed by atoms with Gasteiger partial charge in [0.1, 0.15) is 11.3 Å². The Morgan fingerprint density at radius 1 is 1.09 bits per heavy atom. The largest absolute Gasteiger partial charge is 0.436 e. The number of fused-ring (bicyclic) bond motifs is 5. The zero-order valence-corrected chi connectivity index (χ0v) is 24.5. The Kier molecular flexibility index (Phi) is 6.89. The lowest BCUT2D eigenvalue weighted by molar-refractivity contribution is -0.181. The van der Waals surface area contributed by atoms with Crippen LogP contribution < -0.4 is 10.6 Å². The van der Waals surface area contributed by atoms with Crippen LogP contribution >= 0.6 is 0 Å². The van der Waals surface area contributed by atoms with Crippen molar-refractivity contribution in [2.24, 2.45) is 29.4 Å². The highest BCUT2D eigenvalue weighted by atomic mass is 19.1. The number of halogens is 1. The van der Waals surface area contributed by atoms with E-state index in [9.17, 15) is 33.5 Å². The van der Waals surface area contributed by atoms with E-state index in [0.717, 1.165) is 0 Å². The summed E-state index contributed by atoms with van der Waals surface area (Å²) >= 11 is 0. The van der Waals surface area contributed by atoms with Gasteiger partial charge in [0.2, 0.25) is 11.8 Å². The number of oxazole rings is 1. The Morgan fingerprint density at radius 3 is 2.39 bits per heavy atom. The maximum atomic E-state index is 14.3. The number of aliphatic hydroxyl groups is 1. The number of likely N-dealkylation sites (N-methyl/N-ethyl adjacent to an activating group) is 1. The average molecular weight is 603 g/mol. The normalized spacial score (nSPS) is 28.4. The number of rotatable bonds is 5. The molecule has 0 aliphatic heterocycles. The molecule has 6 atom stereocenters. The van der Waals surface area contributed by atoms with Crippen LogP contribution in [0.15, 0.2) is 34.7 Å². The summed E-state index contributed by atoms with van der Waals surface area (Å²) in [6.07, 6.45) is 3.49. The van der Waals surface area contributed by atoms with Crippen LogP contribution in [0.1, 0.15) is 33.8 Å². The highest BCUT2D eigenvalue weighted by Crippen LogP contribution is 2.51. The molecule has 2 fully saturated rings. The minimum absolute atomic E-state index is 0.0108. The Bertz CT molecular complexity index is 1790. The fourth-order valence-electron chi connectivity index (χ4n) is 7.27. The highest BCUT2D eigenvalue weighted by Gasteiger charge is 2.69. The SMILES string of the molecule is CN(C)c1cc2nc(C=Cc3ccc(F)cc3)oc2c2c1C[C@H]1C[C@H]3[C@H](N(C)C)C(=O)C(C(N)=O)C(=O)[C@@]3(O)C(=O)C1C2=O. The van der Waals surface area contributed by atoms with E-state index < -0.39 is 64.4 Å². The van der Waals surface area contributed by atoms with E-state index in [1.807, 2.05) is 19.0 Å². The lowest BCUT2D eigenvalue weighted by Crippen LogP contribution is -2.74. The summed E-state index contributed by atoms with van der Waals surface area (Å²) in [5.74, 6) is -10.4. The zero-order valence-electron chi connectivity index (χ0n) is 24.5. The van der Waals surface area contributed by atoms with Gasteiger partial charge in [-0.25, -0.2) is 9.37 Å². The molecule has 2 saturated carbocycles. The molecule has 1 aromatic heterocycles. The van der Waals surface area contributed by atoms with Crippen LogP contribution in [0.3, 0.4) is 0 Å². The molecule has 0 saturated heterocycles. The van der Waals surface area contributed by atoms with Gasteiger partial charge in [-0.15, -0.1) is 0 Å². The van der Waals surface area contributed by atoms with E-state index in [1.165, 1.54) is 17.0 Å². The number of Topliss-reactive ketones (excluding diaryl/α,β-unsaturated/α-hetero) is 4. The Morgan fingerprint density at radius 2 is 1.77 bits per heavy atom. The number of ketones is 4. The molecule has 1 heterocycles. The molecular formula is C32H31FN4O7. The van der Waals surface area contributed by atoms with Gasteiger partial charge in [0.15, 0.2) is 40.2 Å². The molecule has 6 rings (SSSR count). The summed E-state index contributed by atoms with van der Waals surface area (Å²) in [5.41, 5.74) is 5.30. The summed E-state index contributed by atoms with van der Waals surface area (Å²) in [6, 6.07) is 6.45. The van der Waals surface area contributed by atoms with Gasteiger partial charge < -0.3 is 20.2 Å². The molecule has 2 unspecified atom stereocenters. The van der Waals surface area contributed by atoms with Gasteiger partial charge in [0, 0.05) is 31.8 Å². The molecule has 3 aliphatic carbocycles. The number of anilines is 1. The lowest BCUT2D eigenvalue weighted by atomic mass is 9.52. The third-order valence-electron chi connectivity index (χ3n) is 9.21. The second kappa shape index (κ2) is 10.3. The van der Waals surface area contributed by atoms with Crippen LogP contribution in [0, 0.1) is 29.5 Å². The number of carbonyl (C=O) groups excluding carboxylic acids is 5. The molecule has 11 nitrogen and oxygen atoms in total. The smallest absolute Gasteiger partial charge is 0.235 e. The van der Waals surface area contributed by atoms with Gasteiger partial charge in [0.05, 0.1) is 17.5 Å². The van der Waals surface area contributed by atoms with Crippen LogP contribution in [0.4, 0.5) is 10.1 Å². The number of nitrogens with two attached hydrogens (primary N) is 1. The van der Waals surface area contributed by atoms with Crippen molar-refractivity contribution in [3.63, 3.8) is 0 Å². The summed E-state index contributed by atoms with van der Waals surface area (Å²) in [6.45, 7) is 0. The highest BCUT2D eigenvalue weighted by molar-refractivity contribution is 6.32. The Hall–Kier alpha value is -4.55. The molecule has 0 radical (unpaired) electrons. The third kappa shape index (κ3) is 4.23. The minimum atomic E-state index is -2.75. The first-order chi connectivity index (χ1) is 20.7. The summed E-state index contributed by atoms with van der Waals surface area (Å²) in [5, 5.41) is 11.8. The molecule has 12 heteroatoms. The van der Waals surface area contributed by atoms with Gasteiger partial charge in [-0.1, -0.05) is 12.1 Å². The molecule has 228 valence electrons. The molecule has 3 aromatic rings. The van der Waals surface area contributed by atoms with E-state index >= 15 is 0 Å². The molecule has 0 spiro atoms. The molecule has 1 amide bonds. The first-order valence-electron chi connectivity index (χ1n) is 14.2. The van der Waals surface area contributed by atoms with Crippen LogP contribution in [0.25, 0.3) is 23.3 Å². The monoisotopic (exact) mass is 602 g/mol. The second-order valence-electron chi connectivity index (χ2n) is 12.2. The standard InChI is InChI=1S/C32H31FN4O7/c1-36(2)20-13-19-28(44-21(35-19)10-7-14-5-8-16(33)9-6-14)23-17(20)11-15-12-18-25(37(3)4)27(39)24(31(34)42)30(41)32(18,43)29(40)22(15)26(23)38/h5-10,13,15,18,22,24-25,43H,11-12H2,1-4H3,(H2,34,42)/t15-,18-,22?,24?,25-,32-/m0/s1. The number of aromatic nitrogens is 1. The number of carbonyl (C=O) groups is 5. The number of amides is 1. The zero-order chi connectivity index (χ0) is 31.8. The maximum Gasteiger partial charge on any atom is 0.235 e. The lowest BCUT2D eigenvalue weighted by Gasteiger charge is -2.52. The second-order valence-corrected chi connectivity index (χ2v) is 12.2. The van der Waals surface area contributed by atoms with Crippen molar-refractivity contribution >= 4 is 58.0 Å². The van der Waals surface area contributed by atoms with Crippen molar-refractivity contribution in [1.29, 1.82) is 0 Å². The van der Waals surface area contributed by atoms with Crippen LogP contribution in [0.5, 0.6) is 0 Å². The fourth-order valence-corrected chi connectivity index (χ4v) is 7.27. The predicted octanol–water partition coefficient (Wildman–Crippen LogP) is 1.68. The van der Waals surface area contributed by atoms with Crippen LogP contribution in [0.2, 0.25) is 0 Å². The third-order valence-corrected chi connectivity index (χ3v) is 9.21. The molecule has 44 heavy (non-hydrogen) atoms. The van der Waals surface area contributed by atoms with Gasteiger partial charge in [-0.2, -0.15) is 0 Å². The number of hydrogen-bond acceptors (Lipinski definition) is 10. The summed E-state index contributed by atoms with van der Waals surface area (Å²) < 4.78 is 19.3. The Balaban J connectivity index is 1.47. The molecular weight excluding hydrogens is 571 g/mol. The molecule has 0 bridgehead atoms. The van der Waals surface area contributed by atoms with E-state index in [-0.39, 0.29) is 35.7 Å². The van der Waals surface area contributed by atoms with Gasteiger partial charge in [0.25, 0.3) is 0 Å². The first-order valence-corrected chi connectivity index (χ1v) is 14.2. The van der Waals surface area contributed by atoms with Gasteiger partial charge in [-0.3, -0.25) is 28.9 Å². The Labute approximate surface area is 251 Å². The van der Waals surface area contributed by atoms with Crippen molar-refractivity contribution < 1.29 is 37.9 Å². The van der Waals surface area contributed by atoms with E-state index in [0.29, 0.717) is 22.3 Å². The van der Waals surface area contributed by atoms with Gasteiger partial charge >= 0.3 is 0 Å². The van der Waals surface area contributed by atoms with Crippen molar-refractivity contribution in [3.05, 3.63) is 58.7 Å². The molecule has 3 N–H and O–H groups in total. The number of hydrogen-bond donors (Lipinski definition) is 2. The summed E-state index contributed by atoms with van der Waals surface area (Å²) in [7, 11) is 6.73. The number of nitrogens with zero attached hydrogens (tertiary/aromatic N) is 3. The van der Waals surface area contributed by atoms with Crippen molar-refractivity contribution in [3.8, 4) is 0 Å². The molecule has 2 aromatic carbocycles. The number of primary amides is 1. The van der Waals surface area contributed by atoms with Crippen molar-refractivity contribution in [2.45, 2.75) is 24.5 Å². The molecule has 3 aliphatic rings. The topological polar surface area (TPSA) is 164 Å². The quantitative estimate of drug-likeness (QED) is 0.411. The van der Waals surface area contributed by atoms with E-state index in [1.54, 1.807) is 44.4 Å².